The van der Waals surface area contributed by atoms with Crippen molar-refractivity contribution in [3.8, 4) is 0 Å². The summed E-state index contributed by atoms with van der Waals surface area (Å²) in [4.78, 5) is 11.1. The molecule has 0 spiro atoms. The average Bonchev–Trinajstić information content (AvgIpc) is 2.05. The van der Waals surface area contributed by atoms with Gasteiger partial charge in [0.15, 0.2) is 0 Å². The van der Waals surface area contributed by atoms with Crippen LogP contribution < -0.4 is 5.48 Å². The van der Waals surface area contributed by atoms with E-state index in [2.05, 4.69) is 38.6 Å². The van der Waals surface area contributed by atoms with Crippen molar-refractivity contribution in [2.75, 3.05) is 0 Å². The first-order chi connectivity index (χ1) is 5.75. The standard InChI is InChI=1S/C7H5BrNO2S/c8-6-4-2-1-3-5(6)7(10)9-11-12/h1-4,12H/q+1. The van der Waals surface area contributed by atoms with Gasteiger partial charge in [-0.3, -0.25) is 0 Å². The molecule has 0 unspecified atom stereocenters. The normalized spacial score (nSPS) is 9.83. The summed E-state index contributed by atoms with van der Waals surface area (Å²) in [5.41, 5.74) is 3.60. The molecule has 0 aliphatic rings. The number of hydroxylamine groups is 1. The molecule has 1 rings (SSSR count). The molecule has 62 valence electrons. The third-order valence-corrected chi connectivity index (χ3v) is 2.00. The lowest BCUT2D eigenvalue weighted by atomic mass is 10.2. The molecule has 1 aromatic carbocycles. The smallest absolute Gasteiger partial charge is 0.208 e. The van der Waals surface area contributed by atoms with Gasteiger partial charge in [-0.2, -0.15) is 0 Å². The van der Waals surface area contributed by atoms with Gasteiger partial charge in [0.05, 0.1) is 12.9 Å². The number of hydrogen-bond donors (Lipinski definition) is 1. The minimum Gasteiger partial charge on any atom is -0.208 e. The molecular weight excluding hydrogens is 242 g/mol. The van der Waals surface area contributed by atoms with Crippen LogP contribution in [0.1, 0.15) is 10.4 Å². The second kappa shape index (κ2) is 4.61. The summed E-state index contributed by atoms with van der Waals surface area (Å²) in [5, 5.41) is 0. The first kappa shape index (κ1) is 9.73. The number of nitrogens with zero attached hydrogens (tertiary/aromatic N) is 1. The van der Waals surface area contributed by atoms with Crippen molar-refractivity contribution in [1.29, 1.82) is 0 Å². The predicted octanol–water partition coefficient (Wildman–Crippen LogP) is 1.97. The van der Waals surface area contributed by atoms with Crippen molar-refractivity contribution >= 4 is 34.7 Å². The van der Waals surface area contributed by atoms with E-state index in [1.165, 1.54) is 0 Å². The average molecular weight is 247 g/mol. The van der Waals surface area contributed by atoms with Crippen molar-refractivity contribution in [2.24, 2.45) is 0 Å². The van der Waals surface area contributed by atoms with Gasteiger partial charge in [0.1, 0.15) is 5.56 Å². The van der Waals surface area contributed by atoms with E-state index < -0.39 is 5.91 Å². The van der Waals surface area contributed by atoms with Crippen LogP contribution in [-0.4, -0.2) is 5.91 Å². The summed E-state index contributed by atoms with van der Waals surface area (Å²) < 4.78 is 4.75. The first-order valence-corrected chi connectivity index (χ1v) is 4.22. The van der Waals surface area contributed by atoms with Crippen LogP contribution in [0.5, 0.6) is 0 Å². The molecule has 1 aromatic rings. The number of carbonyl (C=O) groups excluding carboxylic acids is 1. The van der Waals surface area contributed by atoms with Gasteiger partial charge in [-0.1, -0.05) is 12.1 Å². The Bertz CT molecular complexity index is 292. The van der Waals surface area contributed by atoms with E-state index in [0.29, 0.717) is 10.0 Å². The molecule has 0 heterocycles. The van der Waals surface area contributed by atoms with Gasteiger partial charge in [0, 0.05) is 4.47 Å². The predicted molar refractivity (Wildman–Crippen MR) is 50.7 cm³/mol. The highest BCUT2D eigenvalue weighted by Gasteiger charge is 2.25. The van der Waals surface area contributed by atoms with Crippen LogP contribution in [0.3, 0.4) is 0 Å². The molecule has 0 bridgehead atoms. The van der Waals surface area contributed by atoms with Gasteiger partial charge in [-0.25, -0.2) is 4.79 Å². The molecule has 0 fully saturated rings. The summed E-state index contributed by atoms with van der Waals surface area (Å²) >= 11 is 6.55. The van der Waals surface area contributed by atoms with E-state index in [0.717, 1.165) is 0 Å². The SMILES string of the molecule is O=C([N+]OS)c1ccccc1Br. The maximum Gasteiger partial charge on any atom is 0.504 e. The number of hydrogen-bond acceptors (Lipinski definition) is 3. The van der Waals surface area contributed by atoms with Crippen molar-refractivity contribution < 1.29 is 9.08 Å². The van der Waals surface area contributed by atoms with E-state index in [1.54, 1.807) is 18.2 Å². The Kier molecular flexibility index (Phi) is 3.74. The number of thiol groups is 1. The molecular formula is C7H5BrNO2S+. The molecule has 2 radical (unpaired) electrons. The van der Waals surface area contributed by atoms with Crippen molar-refractivity contribution in [3.63, 3.8) is 0 Å². The zero-order chi connectivity index (χ0) is 8.97. The molecule has 0 aliphatic carbocycles. The van der Waals surface area contributed by atoms with Gasteiger partial charge in [0.2, 0.25) is 0 Å². The van der Waals surface area contributed by atoms with Gasteiger partial charge >= 0.3 is 11.4 Å². The molecule has 3 nitrogen and oxygen atoms in total. The van der Waals surface area contributed by atoms with Crippen LogP contribution in [0.4, 0.5) is 0 Å². The van der Waals surface area contributed by atoms with Gasteiger partial charge in [-0.05, 0) is 32.3 Å². The number of amides is 1. The zero-order valence-electron chi connectivity index (χ0n) is 5.90. The van der Waals surface area contributed by atoms with Crippen LogP contribution in [0.2, 0.25) is 0 Å². The fraction of sp³-hybridized carbons (Fsp3) is 0. The fourth-order valence-corrected chi connectivity index (χ4v) is 1.25. The zero-order valence-corrected chi connectivity index (χ0v) is 8.38. The lowest BCUT2D eigenvalue weighted by molar-refractivity contribution is 0.0786. The van der Waals surface area contributed by atoms with E-state index in [9.17, 15) is 4.79 Å². The Labute approximate surface area is 83.8 Å². The minimum absolute atomic E-state index is 0.451. The van der Waals surface area contributed by atoms with Crippen molar-refractivity contribution in [1.82, 2.24) is 5.48 Å². The van der Waals surface area contributed by atoms with E-state index in [-0.39, 0.29) is 0 Å². The summed E-state index contributed by atoms with van der Waals surface area (Å²) in [6.07, 6.45) is 0. The van der Waals surface area contributed by atoms with Crippen LogP contribution in [-0.2, 0) is 4.28 Å². The number of rotatable bonds is 2. The number of carbonyl (C=O) groups is 1. The number of halogens is 1. The molecule has 0 saturated heterocycles. The summed E-state index contributed by atoms with van der Waals surface area (Å²) in [6.45, 7) is 0. The second-order valence-electron chi connectivity index (χ2n) is 1.96. The van der Waals surface area contributed by atoms with Crippen molar-refractivity contribution in [2.45, 2.75) is 0 Å². The Hall–Kier alpha value is -0.360. The quantitative estimate of drug-likeness (QED) is 0.493. The second-order valence-corrected chi connectivity index (χ2v) is 2.98. The topological polar surface area (TPSA) is 40.4 Å². The maximum absolute atomic E-state index is 11.1. The van der Waals surface area contributed by atoms with Crippen LogP contribution in [0.25, 0.3) is 0 Å². The highest BCUT2D eigenvalue weighted by atomic mass is 79.9. The molecule has 0 aromatic heterocycles. The highest BCUT2D eigenvalue weighted by molar-refractivity contribution is 9.10. The lowest BCUT2D eigenvalue weighted by Crippen LogP contribution is -2.12. The summed E-state index contributed by atoms with van der Waals surface area (Å²) in [7, 11) is 0. The first-order valence-electron chi connectivity index (χ1n) is 3.06. The molecule has 0 N–H and O–H groups in total. The lowest BCUT2D eigenvalue weighted by Gasteiger charge is -1.90. The number of benzene rings is 1. The van der Waals surface area contributed by atoms with Crippen LogP contribution in [0.15, 0.2) is 28.7 Å². The fourth-order valence-electron chi connectivity index (χ4n) is 0.721. The minimum atomic E-state index is -0.461. The van der Waals surface area contributed by atoms with E-state index >= 15 is 0 Å². The molecule has 5 heteroatoms. The monoisotopic (exact) mass is 246 g/mol. The highest BCUT2D eigenvalue weighted by Crippen LogP contribution is 2.15. The molecule has 0 atom stereocenters. The Balaban J connectivity index is 2.87. The maximum atomic E-state index is 11.1. The largest absolute Gasteiger partial charge is 0.504 e. The Morgan fingerprint density at radius 3 is 2.75 bits per heavy atom. The van der Waals surface area contributed by atoms with Gasteiger partial charge in [-0.15, -0.1) is 0 Å². The van der Waals surface area contributed by atoms with Gasteiger partial charge in [0.25, 0.3) is 0 Å². The van der Waals surface area contributed by atoms with Crippen LogP contribution in [0, 0.1) is 0 Å². The molecule has 1 amide bonds. The third-order valence-electron chi connectivity index (χ3n) is 1.23. The Morgan fingerprint density at radius 2 is 2.17 bits per heavy atom. The van der Waals surface area contributed by atoms with Gasteiger partial charge < -0.3 is 0 Å². The summed E-state index contributed by atoms with van der Waals surface area (Å²) in [6, 6.07) is 6.94. The molecule has 12 heavy (non-hydrogen) atoms. The molecule has 0 aliphatic heterocycles. The third kappa shape index (κ3) is 2.31. The van der Waals surface area contributed by atoms with Crippen molar-refractivity contribution in [3.05, 3.63) is 34.3 Å². The van der Waals surface area contributed by atoms with E-state index in [1.807, 2.05) is 6.07 Å². The van der Waals surface area contributed by atoms with E-state index in [4.69, 9.17) is 0 Å². The molecule has 0 saturated carbocycles. The summed E-state index contributed by atoms with van der Waals surface area (Å²) in [5.74, 6) is -0.461. The Morgan fingerprint density at radius 1 is 1.50 bits per heavy atom. The van der Waals surface area contributed by atoms with Crippen LogP contribution >= 0.6 is 28.8 Å².